The van der Waals surface area contributed by atoms with Crippen molar-refractivity contribution in [3.05, 3.63) is 90.4 Å². The molecule has 0 radical (unpaired) electrons. The van der Waals surface area contributed by atoms with E-state index in [4.69, 9.17) is 4.42 Å². The predicted molar refractivity (Wildman–Crippen MR) is 93.9 cm³/mol. The number of sulfone groups is 1. The zero-order valence-electron chi connectivity index (χ0n) is 13.3. The lowest BCUT2D eigenvalue weighted by Crippen LogP contribution is -2.31. The fraction of sp³-hybridized carbons (Fsp3) is 0.105. The van der Waals surface area contributed by atoms with Crippen LogP contribution in [0, 0.1) is 0 Å². The summed E-state index contributed by atoms with van der Waals surface area (Å²) in [5.74, 6) is -0.307. The summed E-state index contributed by atoms with van der Waals surface area (Å²) in [6.45, 7) is -0.0548. The Balaban J connectivity index is 1.90. The lowest BCUT2D eigenvalue weighted by Gasteiger charge is -2.18. The maximum Gasteiger partial charge on any atom is 0.287 e. The van der Waals surface area contributed by atoms with Gasteiger partial charge in [0.2, 0.25) is 0 Å². The molecule has 0 fully saturated rings. The number of nitrogens with one attached hydrogen (secondary N) is 1. The van der Waals surface area contributed by atoms with Gasteiger partial charge in [-0.25, -0.2) is 8.42 Å². The van der Waals surface area contributed by atoms with Crippen LogP contribution in [-0.4, -0.2) is 20.9 Å². The Morgan fingerprint density at radius 1 is 0.920 bits per heavy atom. The highest BCUT2D eigenvalue weighted by Gasteiger charge is 2.29. The van der Waals surface area contributed by atoms with Gasteiger partial charge in [-0.3, -0.25) is 4.79 Å². The monoisotopic (exact) mass is 355 g/mol. The Morgan fingerprint density at radius 2 is 1.56 bits per heavy atom. The number of hydrogen-bond acceptors (Lipinski definition) is 4. The van der Waals surface area contributed by atoms with Gasteiger partial charge < -0.3 is 9.73 Å². The van der Waals surface area contributed by atoms with Crippen LogP contribution in [0.4, 0.5) is 0 Å². The second-order valence-corrected chi connectivity index (χ2v) is 7.58. The van der Waals surface area contributed by atoms with E-state index in [1.807, 2.05) is 6.07 Å². The molecule has 0 aliphatic rings. The van der Waals surface area contributed by atoms with Crippen molar-refractivity contribution in [1.82, 2.24) is 5.32 Å². The quantitative estimate of drug-likeness (QED) is 0.736. The van der Waals surface area contributed by atoms with Gasteiger partial charge in [-0.1, -0.05) is 48.5 Å². The largest absolute Gasteiger partial charge is 0.459 e. The number of amides is 1. The first kappa shape index (κ1) is 17.0. The number of hydrogen-bond donors (Lipinski definition) is 1. The number of furan rings is 1. The zero-order chi connectivity index (χ0) is 17.7. The van der Waals surface area contributed by atoms with Crippen molar-refractivity contribution in [2.24, 2.45) is 0 Å². The molecule has 3 aromatic rings. The smallest absolute Gasteiger partial charge is 0.287 e. The molecule has 1 aromatic heterocycles. The van der Waals surface area contributed by atoms with Gasteiger partial charge >= 0.3 is 0 Å². The van der Waals surface area contributed by atoms with E-state index in [1.54, 1.807) is 60.7 Å². The molecule has 25 heavy (non-hydrogen) atoms. The van der Waals surface area contributed by atoms with E-state index >= 15 is 0 Å². The van der Waals surface area contributed by atoms with Gasteiger partial charge in [-0.2, -0.15) is 0 Å². The third-order valence-electron chi connectivity index (χ3n) is 3.81. The standard InChI is InChI=1S/C19H17NO4S/c21-19(17-12-7-13-24-17)20-14-18(15-8-3-1-4-9-15)25(22,23)16-10-5-2-6-11-16/h1-13,18H,14H2,(H,20,21)/t18-/m1/s1. The van der Waals surface area contributed by atoms with Crippen LogP contribution in [0.3, 0.4) is 0 Å². The molecule has 0 unspecified atom stereocenters. The second kappa shape index (κ2) is 7.36. The summed E-state index contributed by atoms with van der Waals surface area (Å²) in [6, 6.07) is 20.2. The molecule has 0 saturated carbocycles. The molecule has 1 atom stereocenters. The average Bonchev–Trinajstić information content (AvgIpc) is 3.18. The first-order valence-electron chi connectivity index (χ1n) is 7.74. The SMILES string of the molecule is O=C(NC[C@H](c1ccccc1)S(=O)(=O)c1ccccc1)c1ccco1. The van der Waals surface area contributed by atoms with Gasteiger partial charge in [0.05, 0.1) is 11.2 Å². The molecule has 3 rings (SSSR count). The Labute approximate surface area is 146 Å². The molecule has 2 aromatic carbocycles. The summed E-state index contributed by atoms with van der Waals surface area (Å²) < 4.78 is 31.2. The molecule has 1 heterocycles. The lowest BCUT2D eigenvalue weighted by atomic mass is 10.1. The minimum atomic E-state index is -3.66. The van der Waals surface area contributed by atoms with E-state index < -0.39 is 21.0 Å². The number of benzene rings is 2. The average molecular weight is 355 g/mol. The summed E-state index contributed by atoms with van der Waals surface area (Å²) in [5.41, 5.74) is 0.617. The molecule has 0 aliphatic heterocycles. The molecule has 0 saturated heterocycles. The third-order valence-corrected chi connectivity index (χ3v) is 5.93. The Bertz CT molecular complexity index is 920. The zero-order valence-corrected chi connectivity index (χ0v) is 14.1. The lowest BCUT2D eigenvalue weighted by molar-refractivity contribution is 0.0926. The molecular formula is C19H17NO4S. The van der Waals surface area contributed by atoms with Crippen LogP contribution in [0.25, 0.3) is 0 Å². The van der Waals surface area contributed by atoms with Gasteiger partial charge in [-0.15, -0.1) is 0 Å². The molecule has 6 heteroatoms. The summed E-state index contributed by atoms with van der Waals surface area (Å²) in [7, 11) is -3.66. The van der Waals surface area contributed by atoms with E-state index in [2.05, 4.69) is 5.32 Å². The van der Waals surface area contributed by atoms with Gasteiger partial charge in [0.25, 0.3) is 5.91 Å². The number of carbonyl (C=O) groups is 1. The molecule has 1 amide bonds. The fourth-order valence-corrected chi connectivity index (χ4v) is 4.21. The van der Waals surface area contributed by atoms with E-state index in [0.29, 0.717) is 5.56 Å². The van der Waals surface area contributed by atoms with Crippen molar-refractivity contribution in [3.8, 4) is 0 Å². The molecule has 0 aliphatic carbocycles. The third kappa shape index (κ3) is 3.80. The summed E-state index contributed by atoms with van der Waals surface area (Å²) >= 11 is 0. The molecule has 5 nitrogen and oxygen atoms in total. The van der Waals surface area contributed by atoms with Crippen LogP contribution in [0.1, 0.15) is 21.4 Å². The van der Waals surface area contributed by atoms with Crippen molar-refractivity contribution in [3.63, 3.8) is 0 Å². The second-order valence-electron chi connectivity index (χ2n) is 5.44. The molecule has 0 bridgehead atoms. The van der Waals surface area contributed by atoms with Gasteiger partial charge in [-0.05, 0) is 29.8 Å². The van der Waals surface area contributed by atoms with Crippen molar-refractivity contribution in [1.29, 1.82) is 0 Å². The van der Waals surface area contributed by atoms with Crippen LogP contribution in [-0.2, 0) is 9.84 Å². The maximum absolute atomic E-state index is 13.1. The van der Waals surface area contributed by atoms with Crippen LogP contribution in [0.15, 0.2) is 88.4 Å². The fourth-order valence-electron chi connectivity index (χ4n) is 2.53. The van der Waals surface area contributed by atoms with Crippen molar-refractivity contribution >= 4 is 15.7 Å². The Hall–Kier alpha value is -2.86. The van der Waals surface area contributed by atoms with Gasteiger partial charge in [0, 0.05) is 6.54 Å². The topological polar surface area (TPSA) is 76.4 Å². The van der Waals surface area contributed by atoms with Crippen molar-refractivity contribution in [2.75, 3.05) is 6.54 Å². The summed E-state index contributed by atoms with van der Waals surface area (Å²) in [6.07, 6.45) is 1.39. The number of rotatable bonds is 6. The first-order chi connectivity index (χ1) is 12.1. The Morgan fingerprint density at radius 3 is 2.16 bits per heavy atom. The van der Waals surface area contributed by atoms with E-state index in [9.17, 15) is 13.2 Å². The highest BCUT2D eigenvalue weighted by atomic mass is 32.2. The first-order valence-corrected chi connectivity index (χ1v) is 9.29. The van der Waals surface area contributed by atoms with Gasteiger partial charge in [0.15, 0.2) is 15.6 Å². The van der Waals surface area contributed by atoms with Crippen LogP contribution >= 0.6 is 0 Å². The normalized spacial score (nSPS) is 12.5. The molecule has 128 valence electrons. The van der Waals surface area contributed by atoms with E-state index in [0.717, 1.165) is 0 Å². The summed E-state index contributed by atoms with van der Waals surface area (Å²) in [5, 5.41) is 1.75. The van der Waals surface area contributed by atoms with Crippen LogP contribution in [0.5, 0.6) is 0 Å². The van der Waals surface area contributed by atoms with Gasteiger partial charge in [0.1, 0.15) is 5.25 Å². The van der Waals surface area contributed by atoms with Crippen LogP contribution in [0.2, 0.25) is 0 Å². The highest BCUT2D eigenvalue weighted by molar-refractivity contribution is 7.91. The van der Waals surface area contributed by atoms with Crippen molar-refractivity contribution in [2.45, 2.75) is 10.1 Å². The minimum absolute atomic E-state index is 0.0548. The number of carbonyl (C=O) groups excluding carboxylic acids is 1. The predicted octanol–water partition coefficient (Wildman–Crippen LogP) is 3.22. The van der Waals surface area contributed by atoms with Crippen molar-refractivity contribution < 1.29 is 17.6 Å². The highest BCUT2D eigenvalue weighted by Crippen LogP contribution is 2.28. The summed E-state index contributed by atoms with van der Waals surface area (Å²) in [4.78, 5) is 12.3. The maximum atomic E-state index is 13.1. The van der Waals surface area contributed by atoms with Crippen LogP contribution < -0.4 is 5.32 Å². The molecule has 0 spiro atoms. The minimum Gasteiger partial charge on any atom is -0.459 e. The Kier molecular flexibility index (Phi) is 5.00. The van der Waals surface area contributed by atoms with E-state index in [-0.39, 0.29) is 17.2 Å². The molecular weight excluding hydrogens is 338 g/mol. The van der Waals surface area contributed by atoms with E-state index in [1.165, 1.54) is 12.3 Å². The molecule has 1 N–H and O–H groups in total.